The molecule has 44 heavy (non-hydrogen) atoms. The number of carbonyl (C=O) groups excluding carboxylic acids is 4. The Morgan fingerprint density at radius 3 is 2.34 bits per heavy atom. The average Bonchev–Trinajstić information content (AvgIpc) is 2.89. The number of benzene rings is 1. The molecule has 1 fully saturated rings. The fourth-order valence-corrected chi connectivity index (χ4v) is 7.23. The van der Waals surface area contributed by atoms with Gasteiger partial charge in [-0.05, 0) is 57.7 Å². The minimum Gasteiger partial charge on any atom is -0.510 e. The molecule has 5 rings (SSSR count). The average molecular weight is 634 g/mol. The van der Waals surface area contributed by atoms with E-state index in [1.807, 2.05) is 0 Å². The van der Waals surface area contributed by atoms with Crippen LogP contribution in [-0.2, 0) is 25.6 Å². The first-order valence-corrected chi connectivity index (χ1v) is 14.6. The number of aliphatic hydroxyl groups excluding tert-OH is 2. The van der Waals surface area contributed by atoms with E-state index >= 15 is 0 Å². The highest BCUT2D eigenvalue weighted by atomic mass is 35.5. The highest BCUT2D eigenvalue weighted by molar-refractivity contribution is 6.38. The molecular weight excluding hydrogens is 598 g/mol. The van der Waals surface area contributed by atoms with E-state index in [9.17, 15) is 39.6 Å². The number of nitrogens with zero attached hydrogens (tertiary/aromatic N) is 2. The highest BCUT2D eigenvalue weighted by Crippen LogP contribution is 2.55. The number of hydrogen-bond donors (Lipinski definition) is 7. The number of Topliss-reactive ketones (excluding diaryl/α,β-unsaturated/α-hetero) is 2. The van der Waals surface area contributed by atoms with Gasteiger partial charge in [0.1, 0.15) is 29.3 Å². The van der Waals surface area contributed by atoms with Crippen LogP contribution in [0.3, 0.4) is 0 Å². The first-order valence-electron chi connectivity index (χ1n) is 14.2. The third kappa shape index (κ3) is 4.72. The number of halogens is 1. The number of likely N-dealkylation sites (N-methyl/N-ethyl adjacent to an activating group) is 1. The van der Waals surface area contributed by atoms with Crippen LogP contribution < -0.4 is 21.4 Å². The molecule has 1 aromatic carbocycles. The number of aromatic hydroxyl groups is 1. The number of phenols is 1. The fourth-order valence-electron chi connectivity index (χ4n) is 6.81. The maximum Gasteiger partial charge on any atom is 0.255 e. The molecule has 4 aliphatic rings. The second-order valence-electron chi connectivity index (χ2n) is 12.1. The summed E-state index contributed by atoms with van der Waals surface area (Å²) >= 11 is 6.72. The van der Waals surface area contributed by atoms with Gasteiger partial charge >= 0.3 is 0 Å². The fraction of sp³-hybridized carbons (Fsp3) is 0.517. The van der Waals surface area contributed by atoms with Crippen molar-refractivity contribution in [1.82, 2.24) is 10.4 Å². The zero-order valence-corrected chi connectivity index (χ0v) is 25.5. The molecule has 1 saturated carbocycles. The van der Waals surface area contributed by atoms with Crippen molar-refractivity contribution in [3.8, 4) is 5.75 Å². The largest absolute Gasteiger partial charge is 0.510 e. The number of allylic oxidation sites excluding steroid dienone is 1. The van der Waals surface area contributed by atoms with Gasteiger partial charge in [-0.25, -0.2) is 0 Å². The Balaban J connectivity index is 1.60. The second-order valence-corrected chi connectivity index (χ2v) is 12.5. The molecule has 0 saturated heterocycles. The number of carbonyl (C=O) groups is 4. The number of amides is 2. The molecule has 2 amide bonds. The smallest absolute Gasteiger partial charge is 0.255 e. The molecule has 4 aliphatic carbocycles. The number of phenolic OH excluding ortho intramolecular Hbond substituents is 1. The van der Waals surface area contributed by atoms with Gasteiger partial charge < -0.3 is 36.4 Å². The number of anilines is 2. The van der Waals surface area contributed by atoms with E-state index < -0.39 is 69.7 Å². The molecule has 0 aliphatic heterocycles. The number of aliphatic hydroxyl groups is 3. The summed E-state index contributed by atoms with van der Waals surface area (Å²) in [6.45, 7) is -0.269. The van der Waals surface area contributed by atoms with Crippen molar-refractivity contribution in [2.45, 2.75) is 49.9 Å². The zero-order valence-electron chi connectivity index (χ0n) is 24.7. The van der Waals surface area contributed by atoms with Gasteiger partial charge in [-0.1, -0.05) is 11.6 Å². The molecule has 1 aromatic rings. The van der Waals surface area contributed by atoms with Crippen LogP contribution in [0, 0.1) is 11.8 Å². The Morgan fingerprint density at radius 1 is 1.14 bits per heavy atom. The normalized spacial score (nSPS) is 26.7. The number of hydrogen-bond acceptors (Lipinski definition) is 12. The number of hydroxylamine groups is 1. The van der Waals surface area contributed by atoms with Crippen LogP contribution in [0.2, 0.25) is 5.02 Å². The number of nitrogens with one attached hydrogen (secondary N) is 2. The van der Waals surface area contributed by atoms with Crippen LogP contribution in [0.5, 0.6) is 5.75 Å². The van der Waals surface area contributed by atoms with Crippen molar-refractivity contribution in [1.29, 1.82) is 0 Å². The summed E-state index contributed by atoms with van der Waals surface area (Å²) in [5.74, 6) is -8.36. The topological polar surface area (TPSA) is 215 Å². The van der Waals surface area contributed by atoms with Crippen LogP contribution in [0.25, 0.3) is 0 Å². The molecule has 4 atom stereocenters. The van der Waals surface area contributed by atoms with E-state index in [0.717, 1.165) is 19.3 Å². The molecule has 2 unspecified atom stereocenters. The van der Waals surface area contributed by atoms with Crippen molar-refractivity contribution in [2.24, 2.45) is 17.6 Å². The summed E-state index contributed by atoms with van der Waals surface area (Å²) in [4.78, 5) is 61.1. The number of rotatable bonds is 8. The first kappa shape index (κ1) is 31.7. The van der Waals surface area contributed by atoms with Gasteiger partial charge in [0.25, 0.3) is 5.91 Å². The number of fused-ring (bicyclic) bond motifs is 3. The monoisotopic (exact) mass is 633 g/mol. The van der Waals surface area contributed by atoms with E-state index in [1.165, 1.54) is 4.90 Å². The summed E-state index contributed by atoms with van der Waals surface area (Å²) < 4.78 is 0. The van der Waals surface area contributed by atoms with Gasteiger partial charge in [-0.2, -0.15) is 5.48 Å². The Kier molecular flexibility index (Phi) is 8.18. The van der Waals surface area contributed by atoms with Crippen molar-refractivity contribution in [3.63, 3.8) is 0 Å². The molecule has 0 radical (unpaired) electrons. The Morgan fingerprint density at radius 2 is 1.80 bits per heavy atom. The standard InChI is InChI=1S/C29H36ClN5O9/c1-34(2)21-13-8-11-9-14-22(35(3)4)25(39)18(28(31)42)27(41)29(14,43)26(40)16(11)23(37)17(13)24(38)20(19(21)30)33-15(36)10-32-44-12-6-5-7-12/h11-12,14,22,32,38-40,43H,5-10H2,1-4H3,(H2,31,42)(H,33,36)/t11?,14?,22-,29-/m0/s1. The van der Waals surface area contributed by atoms with E-state index in [-0.39, 0.29) is 47.3 Å². The molecule has 0 spiro atoms. The molecule has 0 bridgehead atoms. The molecular formula is C29H36ClN5O9. The Bertz CT molecular complexity index is 1530. The zero-order chi connectivity index (χ0) is 32.4. The molecule has 14 nitrogen and oxygen atoms in total. The van der Waals surface area contributed by atoms with Gasteiger partial charge in [-0.15, -0.1) is 0 Å². The lowest BCUT2D eigenvalue weighted by atomic mass is 9.58. The Hall–Kier alpha value is -3.69. The second kappa shape index (κ2) is 11.3. The van der Waals surface area contributed by atoms with E-state index in [0.29, 0.717) is 11.3 Å². The molecule has 0 aromatic heterocycles. The van der Waals surface area contributed by atoms with Crippen molar-refractivity contribution in [2.75, 3.05) is 45.0 Å². The van der Waals surface area contributed by atoms with Gasteiger partial charge in [-0.3, -0.25) is 28.9 Å². The summed E-state index contributed by atoms with van der Waals surface area (Å²) in [5, 5.41) is 48.1. The number of primary amides is 1. The lowest BCUT2D eigenvalue weighted by Gasteiger charge is -2.50. The predicted molar refractivity (Wildman–Crippen MR) is 158 cm³/mol. The highest BCUT2D eigenvalue weighted by Gasteiger charge is 2.63. The van der Waals surface area contributed by atoms with Crippen LogP contribution in [0.1, 0.15) is 41.6 Å². The third-order valence-corrected chi connectivity index (χ3v) is 9.42. The molecule has 8 N–H and O–H groups in total. The van der Waals surface area contributed by atoms with Gasteiger partial charge in [0.15, 0.2) is 17.1 Å². The Labute approximate surface area is 258 Å². The molecule has 238 valence electrons. The summed E-state index contributed by atoms with van der Waals surface area (Å²) in [5.41, 5.74) is 4.16. The van der Waals surface area contributed by atoms with E-state index in [4.69, 9.17) is 22.2 Å². The summed E-state index contributed by atoms with van der Waals surface area (Å²) in [7, 11) is 6.45. The predicted octanol–water partition coefficient (Wildman–Crippen LogP) is 0.852. The lowest BCUT2D eigenvalue weighted by Crippen LogP contribution is -2.63. The third-order valence-electron chi connectivity index (χ3n) is 9.05. The SMILES string of the molecule is CN(C)c1c(Cl)c(NC(=O)CNOC2CCC2)c(O)c2c1CC1CC3[C@H](N(C)C)C(O)=C(C(N)=O)C(=O)[C@@]3(O)C(O)=C1C2=O. The maximum atomic E-state index is 14.1. The van der Waals surface area contributed by atoms with Crippen molar-refractivity contribution >= 4 is 46.4 Å². The number of ketones is 2. The van der Waals surface area contributed by atoms with Gasteiger partial charge in [0.05, 0.1) is 28.4 Å². The maximum absolute atomic E-state index is 14.1. The van der Waals surface area contributed by atoms with Gasteiger partial charge in [0.2, 0.25) is 11.7 Å². The quantitative estimate of drug-likeness (QED) is 0.120. The van der Waals surface area contributed by atoms with Crippen LogP contribution in [-0.4, -0.2) is 101 Å². The van der Waals surface area contributed by atoms with Crippen LogP contribution >= 0.6 is 11.6 Å². The number of nitrogens with two attached hydrogens (primary N) is 1. The van der Waals surface area contributed by atoms with Crippen LogP contribution in [0.15, 0.2) is 22.7 Å². The van der Waals surface area contributed by atoms with Crippen molar-refractivity contribution in [3.05, 3.63) is 38.8 Å². The van der Waals surface area contributed by atoms with Crippen LogP contribution in [0.4, 0.5) is 11.4 Å². The molecule has 0 heterocycles. The minimum absolute atomic E-state index is 0.0165. The summed E-state index contributed by atoms with van der Waals surface area (Å²) in [6, 6.07) is -1.11. The minimum atomic E-state index is -2.76. The van der Waals surface area contributed by atoms with E-state index in [1.54, 1.807) is 33.1 Å². The first-order chi connectivity index (χ1) is 20.6. The van der Waals surface area contributed by atoms with Gasteiger partial charge in [0, 0.05) is 25.6 Å². The van der Waals surface area contributed by atoms with Crippen molar-refractivity contribution < 1.29 is 44.4 Å². The molecule has 15 heteroatoms. The lowest BCUT2D eigenvalue weighted by molar-refractivity contribution is -0.148. The summed E-state index contributed by atoms with van der Waals surface area (Å²) in [6.07, 6.45) is 2.79. The van der Waals surface area contributed by atoms with E-state index in [2.05, 4.69) is 10.8 Å².